The van der Waals surface area contributed by atoms with Crippen LogP contribution < -0.4 is 10.0 Å². The van der Waals surface area contributed by atoms with E-state index in [1.165, 1.54) is 25.5 Å². The number of benzene rings is 1. The highest BCUT2D eigenvalue weighted by Gasteiger charge is 2.12. The van der Waals surface area contributed by atoms with Gasteiger partial charge in [0.1, 0.15) is 4.90 Å². The summed E-state index contributed by atoms with van der Waals surface area (Å²) in [6.45, 7) is -0.0701. The number of hydrogen-bond acceptors (Lipinski definition) is 4. The van der Waals surface area contributed by atoms with Gasteiger partial charge in [0.25, 0.3) is 5.91 Å². The molecule has 1 amide bonds. The average molecular weight is 329 g/mol. The normalized spacial score (nSPS) is 10.5. The van der Waals surface area contributed by atoms with Crippen LogP contribution in [0.3, 0.4) is 0 Å². The van der Waals surface area contributed by atoms with E-state index in [4.69, 9.17) is 0 Å². The van der Waals surface area contributed by atoms with Gasteiger partial charge in [-0.3, -0.25) is 9.78 Å². The van der Waals surface area contributed by atoms with E-state index in [0.717, 1.165) is 0 Å². The quantitative estimate of drug-likeness (QED) is 0.811. The number of sulfonamides is 1. The summed E-state index contributed by atoms with van der Waals surface area (Å²) in [6, 6.07) is 9.84. The summed E-state index contributed by atoms with van der Waals surface area (Å²) >= 11 is 0. The van der Waals surface area contributed by atoms with E-state index >= 15 is 0 Å². The molecule has 1 aromatic heterocycles. The third-order valence-corrected chi connectivity index (χ3v) is 4.30. The lowest BCUT2D eigenvalue weighted by molar-refractivity contribution is 0.0963. The van der Waals surface area contributed by atoms with Gasteiger partial charge < -0.3 is 5.32 Å². The van der Waals surface area contributed by atoms with E-state index in [1.54, 1.807) is 30.3 Å². The highest BCUT2D eigenvalue weighted by Crippen LogP contribution is 2.07. The highest BCUT2D eigenvalue weighted by atomic mass is 32.2. The van der Waals surface area contributed by atoms with Crippen molar-refractivity contribution in [3.63, 3.8) is 0 Å². The molecule has 0 saturated heterocycles. The van der Waals surface area contributed by atoms with Crippen molar-refractivity contribution in [2.75, 3.05) is 13.6 Å². The molecule has 0 aliphatic rings. The lowest BCUT2D eigenvalue weighted by atomic mass is 10.1. The van der Waals surface area contributed by atoms with E-state index in [9.17, 15) is 13.2 Å². The maximum Gasteiger partial charge on any atom is 0.252 e. The number of nitrogens with zero attached hydrogens (tertiary/aromatic N) is 1. The van der Waals surface area contributed by atoms with Gasteiger partial charge in [0, 0.05) is 25.0 Å². The first-order valence-electron chi connectivity index (χ1n) is 6.74. The Hall–Kier alpha value is -2.69. The second-order valence-corrected chi connectivity index (χ2v) is 6.21. The molecular weight excluding hydrogens is 314 g/mol. The van der Waals surface area contributed by atoms with Crippen molar-refractivity contribution in [2.45, 2.75) is 4.90 Å². The van der Waals surface area contributed by atoms with E-state index in [2.05, 4.69) is 26.9 Å². The number of amides is 1. The smallest absolute Gasteiger partial charge is 0.252 e. The van der Waals surface area contributed by atoms with Crippen LogP contribution in [0.25, 0.3) is 0 Å². The van der Waals surface area contributed by atoms with Crippen LogP contribution in [0.4, 0.5) is 0 Å². The predicted molar refractivity (Wildman–Crippen MR) is 86.1 cm³/mol. The lowest BCUT2D eigenvalue weighted by Crippen LogP contribution is -2.24. The molecule has 2 N–H and O–H groups in total. The fraction of sp³-hybridized carbons (Fsp3) is 0.125. The van der Waals surface area contributed by atoms with E-state index in [0.29, 0.717) is 11.1 Å². The van der Waals surface area contributed by atoms with Crippen molar-refractivity contribution in [1.29, 1.82) is 0 Å². The highest BCUT2D eigenvalue weighted by molar-refractivity contribution is 7.89. The van der Waals surface area contributed by atoms with Crippen LogP contribution in [0.15, 0.2) is 53.7 Å². The molecule has 7 heteroatoms. The summed E-state index contributed by atoms with van der Waals surface area (Å²) in [5.74, 6) is 5.26. The molecule has 0 bridgehead atoms. The molecule has 2 aromatic rings. The Morgan fingerprint density at radius 2 is 2.00 bits per heavy atom. The van der Waals surface area contributed by atoms with Crippen LogP contribution in [0.1, 0.15) is 15.9 Å². The molecule has 0 atom stereocenters. The zero-order chi connectivity index (χ0) is 16.7. The molecule has 0 radical (unpaired) electrons. The van der Waals surface area contributed by atoms with E-state index in [-0.39, 0.29) is 17.3 Å². The number of rotatable bonds is 4. The topological polar surface area (TPSA) is 88.2 Å². The van der Waals surface area contributed by atoms with Gasteiger partial charge in [-0.25, -0.2) is 8.42 Å². The van der Waals surface area contributed by atoms with E-state index < -0.39 is 10.0 Å². The summed E-state index contributed by atoms with van der Waals surface area (Å²) < 4.78 is 26.3. The van der Waals surface area contributed by atoms with Crippen molar-refractivity contribution in [1.82, 2.24) is 15.0 Å². The molecule has 0 saturated carbocycles. The van der Waals surface area contributed by atoms with Gasteiger partial charge >= 0.3 is 0 Å². The van der Waals surface area contributed by atoms with Crippen LogP contribution in [0, 0.1) is 11.8 Å². The lowest BCUT2D eigenvalue weighted by Gasteiger charge is -2.03. The molecule has 2 rings (SSSR count). The number of carbonyl (C=O) groups is 1. The molecule has 0 aliphatic carbocycles. The Morgan fingerprint density at radius 3 is 2.70 bits per heavy atom. The Kier molecular flexibility index (Phi) is 5.46. The Labute approximate surface area is 135 Å². The minimum atomic E-state index is -3.64. The van der Waals surface area contributed by atoms with Gasteiger partial charge in [-0.2, -0.15) is 4.72 Å². The third kappa shape index (κ3) is 4.39. The van der Waals surface area contributed by atoms with Crippen molar-refractivity contribution >= 4 is 15.9 Å². The first kappa shape index (κ1) is 16.7. The Morgan fingerprint density at radius 1 is 1.22 bits per heavy atom. The van der Waals surface area contributed by atoms with Gasteiger partial charge in [0.15, 0.2) is 0 Å². The average Bonchev–Trinajstić information content (AvgIpc) is 2.59. The molecule has 23 heavy (non-hydrogen) atoms. The fourth-order valence-corrected chi connectivity index (χ4v) is 2.67. The SMILES string of the molecule is CNC(=O)c1ccccc1C#CCNS(=O)(=O)c1cccnc1. The van der Waals surface area contributed by atoms with Crippen LogP contribution in [0.5, 0.6) is 0 Å². The largest absolute Gasteiger partial charge is 0.355 e. The molecular formula is C16H15N3O3S. The van der Waals surface area contributed by atoms with Crippen LogP contribution >= 0.6 is 0 Å². The second-order valence-electron chi connectivity index (χ2n) is 4.44. The maximum absolute atomic E-state index is 12.0. The fourth-order valence-electron chi connectivity index (χ4n) is 1.78. The van der Waals surface area contributed by atoms with Crippen LogP contribution in [-0.4, -0.2) is 32.9 Å². The molecule has 0 fully saturated rings. The number of aromatic nitrogens is 1. The number of carbonyl (C=O) groups excluding carboxylic acids is 1. The first-order chi connectivity index (χ1) is 11.0. The summed E-state index contributed by atoms with van der Waals surface area (Å²) in [6.07, 6.45) is 2.76. The molecule has 118 valence electrons. The van der Waals surface area contributed by atoms with Gasteiger partial charge in [0.05, 0.1) is 12.1 Å². The number of hydrogen-bond donors (Lipinski definition) is 2. The summed E-state index contributed by atoms with van der Waals surface area (Å²) in [4.78, 5) is 15.6. The Bertz CT molecular complexity index is 853. The van der Waals surface area contributed by atoms with Gasteiger partial charge in [-0.1, -0.05) is 24.0 Å². The minimum absolute atomic E-state index is 0.0701. The molecule has 6 nitrogen and oxygen atoms in total. The van der Waals surface area contributed by atoms with E-state index in [1.807, 2.05) is 0 Å². The van der Waals surface area contributed by atoms with Gasteiger partial charge in [-0.05, 0) is 24.3 Å². The van der Waals surface area contributed by atoms with Gasteiger partial charge in [-0.15, -0.1) is 0 Å². The summed E-state index contributed by atoms with van der Waals surface area (Å²) in [5.41, 5.74) is 0.977. The first-order valence-corrected chi connectivity index (χ1v) is 8.22. The standard InChI is InChI=1S/C16H15N3O3S/c1-17-16(20)15-9-3-2-6-13(15)7-4-11-19-23(21,22)14-8-5-10-18-12-14/h2-3,5-6,8-10,12,19H,11H2,1H3,(H,17,20). The van der Waals surface area contributed by atoms with Crippen LogP contribution in [-0.2, 0) is 10.0 Å². The molecule has 1 aromatic carbocycles. The second kappa shape index (κ2) is 7.54. The van der Waals surface area contributed by atoms with Crippen molar-refractivity contribution < 1.29 is 13.2 Å². The summed E-state index contributed by atoms with van der Waals surface area (Å²) in [5, 5.41) is 2.53. The van der Waals surface area contributed by atoms with Crippen molar-refractivity contribution in [3.8, 4) is 11.8 Å². The molecule has 0 aliphatic heterocycles. The van der Waals surface area contributed by atoms with Crippen molar-refractivity contribution in [2.24, 2.45) is 0 Å². The zero-order valence-corrected chi connectivity index (χ0v) is 13.2. The monoisotopic (exact) mass is 329 g/mol. The minimum Gasteiger partial charge on any atom is -0.355 e. The molecule has 1 heterocycles. The van der Waals surface area contributed by atoms with Gasteiger partial charge in [0.2, 0.25) is 10.0 Å². The van der Waals surface area contributed by atoms with Crippen molar-refractivity contribution in [3.05, 3.63) is 59.9 Å². The predicted octanol–water partition coefficient (Wildman–Crippen LogP) is 0.771. The molecule has 0 unspecified atom stereocenters. The third-order valence-electron chi connectivity index (χ3n) is 2.92. The zero-order valence-electron chi connectivity index (χ0n) is 12.4. The van der Waals surface area contributed by atoms with Crippen LogP contribution in [0.2, 0.25) is 0 Å². The number of pyridine rings is 1. The Balaban J connectivity index is 2.09. The molecule has 0 spiro atoms. The summed E-state index contributed by atoms with van der Waals surface area (Å²) in [7, 11) is -2.10. The maximum atomic E-state index is 12.0. The number of nitrogens with one attached hydrogen (secondary N) is 2.